The Hall–Kier alpha value is -1.09. The quantitative estimate of drug-likeness (QED) is 0.558. The zero-order valence-electron chi connectivity index (χ0n) is 11.4. The lowest BCUT2D eigenvalue weighted by atomic mass is 9.77. The summed E-state index contributed by atoms with van der Waals surface area (Å²) in [5, 5.41) is 0. The predicted molar refractivity (Wildman–Crippen MR) is 70.1 cm³/mol. The van der Waals surface area contributed by atoms with Crippen LogP contribution >= 0.6 is 0 Å². The summed E-state index contributed by atoms with van der Waals surface area (Å²) in [7, 11) is 1.76. The Bertz CT molecular complexity index is 383. The molecule has 100 valence electrons. The second-order valence-electron chi connectivity index (χ2n) is 5.37. The van der Waals surface area contributed by atoms with Crippen LogP contribution in [-0.2, 0) is 14.3 Å². The van der Waals surface area contributed by atoms with Crippen molar-refractivity contribution in [1.29, 1.82) is 0 Å². The number of methoxy groups -OCH3 is 1. The van der Waals surface area contributed by atoms with E-state index in [1.807, 2.05) is 0 Å². The van der Waals surface area contributed by atoms with Crippen molar-refractivity contribution in [2.75, 3.05) is 7.11 Å². The van der Waals surface area contributed by atoms with Crippen LogP contribution in [0.3, 0.4) is 0 Å². The Morgan fingerprint density at radius 2 is 2.22 bits per heavy atom. The van der Waals surface area contributed by atoms with Crippen molar-refractivity contribution in [3.8, 4) is 0 Å². The Balaban J connectivity index is 2.27. The van der Waals surface area contributed by atoms with E-state index in [2.05, 4.69) is 25.2 Å². The summed E-state index contributed by atoms with van der Waals surface area (Å²) in [4.78, 5) is 11.2. The fraction of sp³-hybridized carbons (Fsp3) is 0.667. The van der Waals surface area contributed by atoms with E-state index in [9.17, 15) is 4.79 Å². The van der Waals surface area contributed by atoms with E-state index in [-0.39, 0.29) is 23.6 Å². The van der Waals surface area contributed by atoms with Gasteiger partial charge in [0.2, 0.25) is 0 Å². The van der Waals surface area contributed by atoms with Gasteiger partial charge in [-0.25, -0.2) is 0 Å². The molecular weight excluding hydrogens is 228 g/mol. The number of allylic oxidation sites excluding steroid dienone is 2. The SMILES string of the molecule is CO[C@]1(C)CC/C=C\CC2=CC[C@H](OC(C)=O)[C@H]21. The summed E-state index contributed by atoms with van der Waals surface area (Å²) in [5.41, 5.74) is 1.11. The van der Waals surface area contributed by atoms with Gasteiger partial charge in [0.15, 0.2) is 0 Å². The normalized spacial score (nSPS) is 37.2. The average molecular weight is 250 g/mol. The molecule has 3 atom stereocenters. The molecule has 2 aliphatic carbocycles. The Kier molecular flexibility index (Phi) is 3.91. The van der Waals surface area contributed by atoms with Gasteiger partial charge >= 0.3 is 5.97 Å². The highest BCUT2D eigenvalue weighted by molar-refractivity contribution is 5.66. The largest absolute Gasteiger partial charge is 0.461 e. The molecule has 0 saturated carbocycles. The van der Waals surface area contributed by atoms with Crippen LogP contribution in [0, 0.1) is 5.92 Å². The first-order chi connectivity index (χ1) is 8.57. The number of esters is 1. The molecule has 0 N–H and O–H groups in total. The first kappa shape index (κ1) is 13.3. The van der Waals surface area contributed by atoms with Crippen molar-refractivity contribution in [3.05, 3.63) is 23.8 Å². The Labute approximate surface area is 109 Å². The molecule has 0 spiro atoms. The van der Waals surface area contributed by atoms with Gasteiger partial charge in [0, 0.05) is 26.4 Å². The molecular formula is C15H22O3. The van der Waals surface area contributed by atoms with E-state index in [0.717, 1.165) is 25.7 Å². The molecule has 0 aromatic rings. The fourth-order valence-corrected chi connectivity index (χ4v) is 3.19. The van der Waals surface area contributed by atoms with Crippen LogP contribution in [0.5, 0.6) is 0 Å². The van der Waals surface area contributed by atoms with Crippen molar-refractivity contribution >= 4 is 5.97 Å². The van der Waals surface area contributed by atoms with Crippen LogP contribution in [0.25, 0.3) is 0 Å². The van der Waals surface area contributed by atoms with E-state index in [1.165, 1.54) is 12.5 Å². The predicted octanol–water partition coefficient (Wildman–Crippen LogP) is 3.01. The first-order valence-electron chi connectivity index (χ1n) is 6.63. The molecule has 3 nitrogen and oxygen atoms in total. The molecule has 0 fully saturated rings. The van der Waals surface area contributed by atoms with Gasteiger partial charge in [-0.15, -0.1) is 0 Å². The van der Waals surface area contributed by atoms with E-state index in [1.54, 1.807) is 7.11 Å². The smallest absolute Gasteiger partial charge is 0.302 e. The minimum atomic E-state index is -0.243. The summed E-state index contributed by atoms with van der Waals surface area (Å²) >= 11 is 0. The van der Waals surface area contributed by atoms with Gasteiger partial charge in [-0.1, -0.05) is 23.8 Å². The van der Waals surface area contributed by atoms with E-state index >= 15 is 0 Å². The summed E-state index contributed by atoms with van der Waals surface area (Å²) in [6.45, 7) is 3.61. The number of carbonyl (C=O) groups is 1. The van der Waals surface area contributed by atoms with Crippen molar-refractivity contribution in [2.45, 2.75) is 51.2 Å². The van der Waals surface area contributed by atoms with Crippen molar-refractivity contribution in [2.24, 2.45) is 5.92 Å². The van der Waals surface area contributed by atoms with Gasteiger partial charge in [0.05, 0.1) is 5.60 Å². The van der Waals surface area contributed by atoms with E-state index < -0.39 is 0 Å². The summed E-state index contributed by atoms with van der Waals surface area (Å²) in [5.74, 6) is -0.0120. The number of hydrogen-bond acceptors (Lipinski definition) is 3. The number of rotatable bonds is 2. The number of ether oxygens (including phenoxy) is 2. The van der Waals surface area contributed by atoms with E-state index in [4.69, 9.17) is 9.47 Å². The van der Waals surface area contributed by atoms with Crippen LogP contribution in [-0.4, -0.2) is 24.8 Å². The third kappa shape index (κ3) is 2.51. The highest BCUT2D eigenvalue weighted by Crippen LogP contribution is 2.43. The minimum absolute atomic E-state index is 0.0612. The van der Waals surface area contributed by atoms with Crippen LogP contribution in [0.4, 0.5) is 0 Å². The third-order valence-corrected chi connectivity index (χ3v) is 4.15. The maximum absolute atomic E-state index is 11.2. The van der Waals surface area contributed by atoms with Crippen molar-refractivity contribution in [3.63, 3.8) is 0 Å². The van der Waals surface area contributed by atoms with Gasteiger partial charge in [-0.3, -0.25) is 4.79 Å². The standard InChI is InChI=1S/C15H22O3/c1-11(16)18-13-9-8-12-7-5-4-6-10-15(2,17-3)14(12)13/h4-5,8,13-14H,6-7,9-10H2,1-3H3/b5-4-/t13-,14-,15+/m0/s1. The molecule has 0 aromatic carbocycles. The Morgan fingerprint density at radius 1 is 1.44 bits per heavy atom. The Morgan fingerprint density at radius 3 is 2.89 bits per heavy atom. The molecule has 2 aliphatic rings. The third-order valence-electron chi connectivity index (χ3n) is 4.15. The highest BCUT2D eigenvalue weighted by Gasteiger charge is 2.45. The zero-order chi connectivity index (χ0) is 13.2. The molecule has 0 aromatic heterocycles. The number of fused-ring (bicyclic) bond motifs is 1. The van der Waals surface area contributed by atoms with Gasteiger partial charge < -0.3 is 9.47 Å². The maximum atomic E-state index is 11.2. The molecule has 2 rings (SSSR count). The van der Waals surface area contributed by atoms with Crippen LogP contribution in [0.15, 0.2) is 23.8 Å². The molecule has 0 saturated heterocycles. The lowest BCUT2D eigenvalue weighted by molar-refractivity contribution is -0.154. The average Bonchev–Trinajstić information content (AvgIpc) is 2.68. The number of carbonyl (C=O) groups excluding carboxylic acids is 1. The fourth-order valence-electron chi connectivity index (χ4n) is 3.19. The lowest BCUT2D eigenvalue weighted by Crippen LogP contribution is -2.44. The molecule has 3 heteroatoms. The maximum Gasteiger partial charge on any atom is 0.302 e. The van der Waals surface area contributed by atoms with Crippen molar-refractivity contribution in [1.82, 2.24) is 0 Å². The minimum Gasteiger partial charge on any atom is -0.461 e. The monoisotopic (exact) mass is 250 g/mol. The van der Waals surface area contributed by atoms with Gasteiger partial charge in [0.25, 0.3) is 0 Å². The van der Waals surface area contributed by atoms with E-state index in [0.29, 0.717) is 0 Å². The molecule has 0 bridgehead atoms. The molecule has 0 radical (unpaired) electrons. The van der Waals surface area contributed by atoms with Crippen LogP contribution in [0.2, 0.25) is 0 Å². The summed E-state index contributed by atoms with van der Waals surface area (Å²) < 4.78 is 11.3. The van der Waals surface area contributed by atoms with Gasteiger partial charge in [0.1, 0.15) is 6.10 Å². The highest BCUT2D eigenvalue weighted by atomic mass is 16.5. The topological polar surface area (TPSA) is 35.5 Å². The molecule has 18 heavy (non-hydrogen) atoms. The lowest BCUT2D eigenvalue weighted by Gasteiger charge is -2.39. The number of hydrogen-bond donors (Lipinski definition) is 0. The molecule has 0 heterocycles. The summed E-state index contributed by atoms with van der Waals surface area (Å²) in [6.07, 6.45) is 10.3. The summed E-state index contributed by atoms with van der Waals surface area (Å²) in [6, 6.07) is 0. The second kappa shape index (κ2) is 5.27. The molecule has 0 unspecified atom stereocenters. The first-order valence-corrected chi connectivity index (χ1v) is 6.63. The zero-order valence-corrected chi connectivity index (χ0v) is 11.4. The molecule has 0 amide bonds. The van der Waals surface area contributed by atoms with Crippen LogP contribution < -0.4 is 0 Å². The van der Waals surface area contributed by atoms with Gasteiger partial charge in [-0.2, -0.15) is 0 Å². The van der Waals surface area contributed by atoms with Crippen molar-refractivity contribution < 1.29 is 14.3 Å². The van der Waals surface area contributed by atoms with Gasteiger partial charge in [-0.05, 0) is 26.2 Å². The van der Waals surface area contributed by atoms with Crippen LogP contribution in [0.1, 0.15) is 39.5 Å². The molecule has 0 aliphatic heterocycles. The second-order valence-corrected chi connectivity index (χ2v) is 5.37.